The van der Waals surface area contributed by atoms with Gasteiger partial charge in [-0.25, -0.2) is 0 Å². The monoisotopic (exact) mass is 360 g/mol. The van der Waals surface area contributed by atoms with Crippen LogP contribution in [-0.2, 0) is 16.0 Å². The van der Waals surface area contributed by atoms with Gasteiger partial charge in [0.1, 0.15) is 6.10 Å². The molecule has 6 nitrogen and oxygen atoms in total. The van der Waals surface area contributed by atoms with E-state index in [1.165, 1.54) is 6.92 Å². The lowest BCUT2D eigenvalue weighted by molar-refractivity contribution is -0.164. The molecular formula is C20H28N2O4. The molecule has 2 saturated heterocycles. The summed E-state index contributed by atoms with van der Waals surface area (Å²) in [6.45, 7) is 6.27. The van der Waals surface area contributed by atoms with Crippen molar-refractivity contribution < 1.29 is 19.4 Å². The van der Waals surface area contributed by atoms with Gasteiger partial charge in [-0.3, -0.25) is 9.59 Å². The summed E-state index contributed by atoms with van der Waals surface area (Å²) in [7, 11) is 0. The van der Waals surface area contributed by atoms with Gasteiger partial charge in [-0.15, -0.1) is 0 Å². The average Bonchev–Trinajstić information content (AvgIpc) is 2.67. The lowest BCUT2D eigenvalue weighted by Gasteiger charge is -2.47. The highest BCUT2D eigenvalue weighted by Crippen LogP contribution is 2.31. The van der Waals surface area contributed by atoms with E-state index in [-0.39, 0.29) is 11.8 Å². The topological polar surface area (TPSA) is 70.1 Å². The minimum atomic E-state index is -0.989. The molecule has 2 heterocycles. The van der Waals surface area contributed by atoms with Crippen LogP contribution in [0.3, 0.4) is 0 Å². The Morgan fingerprint density at radius 1 is 1.19 bits per heavy atom. The van der Waals surface area contributed by atoms with Crippen LogP contribution in [0.5, 0.6) is 0 Å². The van der Waals surface area contributed by atoms with Crippen molar-refractivity contribution in [3.8, 4) is 0 Å². The van der Waals surface area contributed by atoms with Crippen LogP contribution in [0, 0.1) is 0 Å². The summed E-state index contributed by atoms with van der Waals surface area (Å²) in [5, 5.41) is 9.57. The Bertz CT molecular complexity index is 666. The second kappa shape index (κ2) is 7.76. The fourth-order valence-electron chi connectivity index (χ4n) is 3.92. The molecule has 1 spiro atoms. The Morgan fingerprint density at radius 2 is 1.88 bits per heavy atom. The molecule has 2 aliphatic rings. The molecule has 0 aromatic heterocycles. The predicted octanol–water partition coefficient (Wildman–Crippen LogP) is 1.46. The number of likely N-dealkylation sites (tertiary alicyclic amines) is 1. The molecule has 1 atom stereocenters. The summed E-state index contributed by atoms with van der Waals surface area (Å²) < 4.78 is 6.03. The number of morpholine rings is 1. The van der Waals surface area contributed by atoms with Gasteiger partial charge in [0.15, 0.2) is 0 Å². The number of benzene rings is 1. The number of piperidine rings is 1. The number of ether oxygens (including phenoxy) is 1. The Balaban J connectivity index is 1.65. The molecule has 2 fully saturated rings. The SMILES string of the molecule is CCc1ccccc1C(=O)N1CCC2(CC1)CN(C(=O)[C@@H](C)O)CCO2. The highest BCUT2D eigenvalue weighted by molar-refractivity contribution is 5.95. The van der Waals surface area contributed by atoms with Gasteiger partial charge < -0.3 is 19.6 Å². The van der Waals surface area contributed by atoms with Gasteiger partial charge in [0, 0.05) is 31.7 Å². The standard InChI is InChI=1S/C20H28N2O4/c1-3-16-6-4-5-7-17(16)19(25)21-10-8-20(9-11-21)14-22(12-13-26-20)18(24)15(2)23/h4-7,15,23H,3,8-14H2,1-2H3/t15-/m1/s1. The van der Waals surface area contributed by atoms with E-state index in [2.05, 4.69) is 6.92 Å². The third kappa shape index (κ3) is 3.76. The number of aliphatic hydroxyl groups excluding tert-OH is 1. The number of hydrogen-bond donors (Lipinski definition) is 1. The van der Waals surface area contributed by atoms with E-state index in [1.807, 2.05) is 29.2 Å². The summed E-state index contributed by atoms with van der Waals surface area (Å²) in [6, 6.07) is 7.76. The Labute approximate surface area is 154 Å². The number of nitrogens with zero attached hydrogens (tertiary/aromatic N) is 2. The third-order valence-electron chi connectivity index (χ3n) is 5.51. The first-order valence-electron chi connectivity index (χ1n) is 9.44. The van der Waals surface area contributed by atoms with Crippen molar-refractivity contribution >= 4 is 11.8 Å². The Kier molecular flexibility index (Phi) is 5.63. The van der Waals surface area contributed by atoms with Gasteiger partial charge in [0.05, 0.1) is 12.2 Å². The molecule has 1 aromatic rings. The van der Waals surface area contributed by atoms with Gasteiger partial charge in [0.2, 0.25) is 0 Å². The van der Waals surface area contributed by atoms with E-state index < -0.39 is 11.7 Å². The van der Waals surface area contributed by atoms with Crippen LogP contribution < -0.4 is 0 Å². The molecule has 3 rings (SSSR count). The zero-order valence-corrected chi connectivity index (χ0v) is 15.6. The Morgan fingerprint density at radius 3 is 2.54 bits per heavy atom. The summed E-state index contributed by atoms with van der Waals surface area (Å²) in [4.78, 5) is 28.6. The molecule has 0 bridgehead atoms. The molecule has 1 N–H and O–H groups in total. The number of aryl methyl sites for hydroxylation is 1. The number of aliphatic hydroxyl groups is 1. The van der Waals surface area contributed by atoms with E-state index in [9.17, 15) is 14.7 Å². The van der Waals surface area contributed by atoms with Crippen molar-refractivity contribution in [1.82, 2.24) is 9.80 Å². The first-order chi connectivity index (χ1) is 12.5. The molecule has 0 radical (unpaired) electrons. The molecule has 6 heteroatoms. The van der Waals surface area contributed by atoms with E-state index in [4.69, 9.17) is 4.74 Å². The van der Waals surface area contributed by atoms with Gasteiger partial charge in [-0.1, -0.05) is 25.1 Å². The van der Waals surface area contributed by atoms with E-state index in [0.29, 0.717) is 45.6 Å². The first kappa shape index (κ1) is 18.9. The van der Waals surface area contributed by atoms with Gasteiger partial charge in [-0.05, 0) is 37.8 Å². The van der Waals surface area contributed by atoms with Crippen molar-refractivity contribution in [2.45, 2.75) is 44.8 Å². The highest BCUT2D eigenvalue weighted by Gasteiger charge is 2.42. The lowest BCUT2D eigenvalue weighted by atomic mass is 9.88. The van der Waals surface area contributed by atoms with Gasteiger partial charge >= 0.3 is 0 Å². The van der Waals surface area contributed by atoms with Crippen molar-refractivity contribution in [3.63, 3.8) is 0 Å². The largest absolute Gasteiger partial charge is 0.384 e. The second-order valence-corrected chi connectivity index (χ2v) is 7.27. The number of carbonyl (C=O) groups is 2. The summed E-state index contributed by atoms with van der Waals surface area (Å²) >= 11 is 0. The van der Waals surface area contributed by atoms with Crippen molar-refractivity contribution in [2.24, 2.45) is 0 Å². The first-order valence-corrected chi connectivity index (χ1v) is 9.44. The molecular weight excluding hydrogens is 332 g/mol. The van der Waals surface area contributed by atoms with Crippen molar-refractivity contribution in [3.05, 3.63) is 35.4 Å². The molecule has 2 amide bonds. The fraction of sp³-hybridized carbons (Fsp3) is 0.600. The summed E-state index contributed by atoms with van der Waals surface area (Å²) in [5.74, 6) is -0.173. The number of rotatable bonds is 3. The Hall–Kier alpha value is -1.92. The van der Waals surface area contributed by atoms with E-state index in [0.717, 1.165) is 17.5 Å². The number of amides is 2. The van der Waals surface area contributed by atoms with Gasteiger partial charge in [-0.2, -0.15) is 0 Å². The normalized spacial score (nSPS) is 20.9. The maximum Gasteiger partial charge on any atom is 0.254 e. The molecule has 0 aliphatic carbocycles. The van der Waals surface area contributed by atoms with Gasteiger partial charge in [0.25, 0.3) is 11.8 Å². The average molecular weight is 360 g/mol. The fourth-order valence-corrected chi connectivity index (χ4v) is 3.92. The lowest BCUT2D eigenvalue weighted by Crippen LogP contribution is -2.59. The van der Waals surface area contributed by atoms with Crippen LogP contribution in [0.4, 0.5) is 0 Å². The van der Waals surface area contributed by atoms with Crippen LogP contribution in [0.2, 0.25) is 0 Å². The minimum Gasteiger partial charge on any atom is -0.384 e. The van der Waals surface area contributed by atoms with Crippen LogP contribution in [0.25, 0.3) is 0 Å². The maximum absolute atomic E-state index is 12.9. The van der Waals surface area contributed by atoms with Crippen LogP contribution in [0.1, 0.15) is 42.6 Å². The van der Waals surface area contributed by atoms with Crippen LogP contribution in [-0.4, -0.2) is 71.2 Å². The quantitative estimate of drug-likeness (QED) is 0.886. The van der Waals surface area contributed by atoms with E-state index in [1.54, 1.807) is 4.90 Å². The van der Waals surface area contributed by atoms with Crippen LogP contribution in [0.15, 0.2) is 24.3 Å². The van der Waals surface area contributed by atoms with Crippen LogP contribution >= 0.6 is 0 Å². The molecule has 142 valence electrons. The second-order valence-electron chi connectivity index (χ2n) is 7.27. The number of carbonyl (C=O) groups excluding carboxylic acids is 2. The molecule has 1 aromatic carbocycles. The predicted molar refractivity (Wildman–Crippen MR) is 97.9 cm³/mol. The zero-order chi connectivity index (χ0) is 18.7. The summed E-state index contributed by atoms with van der Waals surface area (Å²) in [5.41, 5.74) is 1.45. The minimum absolute atomic E-state index is 0.0741. The molecule has 2 aliphatic heterocycles. The van der Waals surface area contributed by atoms with Crippen molar-refractivity contribution in [1.29, 1.82) is 0 Å². The highest BCUT2D eigenvalue weighted by atomic mass is 16.5. The smallest absolute Gasteiger partial charge is 0.254 e. The van der Waals surface area contributed by atoms with Crippen molar-refractivity contribution in [2.75, 3.05) is 32.8 Å². The zero-order valence-electron chi connectivity index (χ0n) is 15.6. The summed E-state index contributed by atoms with van der Waals surface area (Å²) in [6.07, 6.45) is 1.25. The van der Waals surface area contributed by atoms with E-state index >= 15 is 0 Å². The molecule has 26 heavy (non-hydrogen) atoms. The molecule has 0 saturated carbocycles. The third-order valence-corrected chi connectivity index (χ3v) is 5.51. The molecule has 0 unspecified atom stereocenters. The maximum atomic E-state index is 12.9. The number of hydrogen-bond acceptors (Lipinski definition) is 4.